The molecule has 2 rings (SSSR count). The van der Waals surface area contributed by atoms with Crippen molar-refractivity contribution in [1.82, 2.24) is 9.88 Å². The minimum absolute atomic E-state index is 0.132. The fraction of sp³-hybridized carbons (Fsp3) is 0.600. The predicted octanol–water partition coefficient (Wildman–Crippen LogP) is 2.37. The number of carboxylic acids is 1. The van der Waals surface area contributed by atoms with Crippen LogP contribution in [-0.2, 0) is 0 Å². The van der Waals surface area contributed by atoms with Crippen LogP contribution in [0.25, 0.3) is 0 Å². The summed E-state index contributed by atoms with van der Waals surface area (Å²) in [5, 5.41) is 12.6. The van der Waals surface area contributed by atoms with Gasteiger partial charge in [0.05, 0.1) is 5.69 Å². The number of carbonyl (C=O) groups is 1. The van der Waals surface area contributed by atoms with Gasteiger partial charge in [-0.1, -0.05) is 12.8 Å². The van der Waals surface area contributed by atoms with Gasteiger partial charge in [-0.3, -0.25) is 4.98 Å². The molecule has 1 fully saturated rings. The van der Waals surface area contributed by atoms with E-state index >= 15 is 0 Å². The second kappa shape index (κ2) is 5.79. The van der Waals surface area contributed by atoms with Gasteiger partial charge in [0.25, 0.3) is 0 Å². The third kappa shape index (κ3) is 2.93. The molecule has 110 valence electrons. The van der Waals surface area contributed by atoms with E-state index in [2.05, 4.69) is 29.3 Å². The molecule has 5 nitrogen and oxygen atoms in total. The first-order valence-electron chi connectivity index (χ1n) is 7.06. The van der Waals surface area contributed by atoms with Crippen LogP contribution in [0.4, 0.5) is 5.69 Å². The van der Waals surface area contributed by atoms with E-state index in [-0.39, 0.29) is 11.1 Å². The number of carboxylic acid groups (broad SMARTS) is 1. The fourth-order valence-corrected chi connectivity index (χ4v) is 2.95. The van der Waals surface area contributed by atoms with Crippen molar-refractivity contribution in [3.05, 3.63) is 23.5 Å². The average molecular weight is 277 g/mol. The minimum atomic E-state index is -0.940. The van der Waals surface area contributed by atoms with Gasteiger partial charge in [-0.05, 0) is 39.9 Å². The molecule has 1 aromatic rings. The van der Waals surface area contributed by atoms with Crippen molar-refractivity contribution in [1.29, 1.82) is 0 Å². The SMILES string of the molecule is Cc1cc(NCC2(N(C)C)CCCC2)c(C(=O)O)cn1. The molecular formula is C15H23N3O2. The maximum Gasteiger partial charge on any atom is 0.339 e. The maximum atomic E-state index is 11.3. The number of hydrogen-bond donors (Lipinski definition) is 2. The summed E-state index contributed by atoms with van der Waals surface area (Å²) in [6.07, 6.45) is 6.21. The van der Waals surface area contributed by atoms with Crippen LogP contribution in [0.15, 0.2) is 12.3 Å². The van der Waals surface area contributed by atoms with E-state index in [0.717, 1.165) is 25.1 Å². The monoisotopic (exact) mass is 277 g/mol. The highest BCUT2D eigenvalue weighted by Crippen LogP contribution is 2.34. The molecular weight excluding hydrogens is 254 g/mol. The van der Waals surface area contributed by atoms with Crippen LogP contribution in [0.2, 0.25) is 0 Å². The number of hydrogen-bond acceptors (Lipinski definition) is 4. The highest BCUT2D eigenvalue weighted by atomic mass is 16.4. The number of anilines is 1. The molecule has 0 amide bonds. The lowest BCUT2D eigenvalue weighted by molar-refractivity contribution is 0.0697. The summed E-state index contributed by atoms with van der Waals surface area (Å²) in [6.45, 7) is 2.64. The van der Waals surface area contributed by atoms with E-state index < -0.39 is 5.97 Å². The molecule has 0 atom stereocenters. The number of pyridine rings is 1. The topological polar surface area (TPSA) is 65.5 Å². The molecule has 1 aliphatic rings. The van der Waals surface area contributed by atoms with E-state index in [1.54, 1.807) is 0 Å². The Balaban J connectivity index is 2.17. The number of aromatic carboxylic acids is 1. The fourth-order valence-electron chi connectivity index (χ4n) is 2.95. The third-order valence-corrected chi connectivity index (χ3v) is 4.36. The lowest BCUT2D eigenvalue weighted by Crippen LogP contribution is -2.47. The molecule has 0 aliphatic heterocycles. The zero-order chi connectivity index (χ0) is 14.8. The van der Waals surface area contributed by atoms with Crippen molar-refractivity contribution < 1.29 is 9.90 Å². The van der Waals surface area contributed by atoms with Gasteiger partial charge in [0.1, 0.15) is 5.56 Å². The molecule has 5 heteroatoms. The predicted molar refractivity (Wildman–Crippen MR) is 79.3 cm³/mol. The Kier molecular flexibility index (Phi) is 4.28. The number of aromatic nitrogens is 1. The molecule has 0 radical (unpaired) electrons. The highest BCUT2D eigenvalue weighted by Gasteiger charge is 2.35. The lowest BCUT2D eigenvalue weighted by Gasteiger charge is -2.37. The normalized spacial score (nSPS) is 17.4. The van der Waals surface area contributed by atoms with E-state index in [1.165, 1.54) is 19.0 Å². The standard InChI is InChI=1S/C15H23N3O2/c1-11-8-13(12(9-16-11)14(19)20)17-10-15(18(2)3)6-4-5-7-15/h8-9H,4-7,10H2,1-3H3,(H,16,17)(H,19,20). The minimum Gasteiger partial charge on any atom is -0.478 e. The van der Waals surface area contributed by atoms with Crippen molar-refractivity contribution in [3.63, 3.8) is 0 Å². The van der Waals surface area contributed by atoms with Gasteiger partial charge in [-0.25, -0.2) is 4.79 Å². The van der Waals surface area contributed by atoms with Gasteiger partial charge in [0.15, 0.2) is 0 Å². The summed E-state index contributed by atoms with van der Waals surface area (Å²) in [6, 6.07) is 1.81. The number of rotatable bonds is 5. The van der Waals surface area contributed by atoms with Gasteiger partial charge >= 0.3 is 5.97 Å². The molecule has 1 aliphatic carbocycles. The number of nitrogens with zero attached hydrogens (tertiary/aromatic N) is 2. The van der Waals surface area contributed by atoms with Crippen LogP contribution < -0.4 is 5.32 Å². The molecule has 0 spiro atoms. The number of nitrogens with one attached hydrogen (secondary N) is 1. The van der Waals surface area contributed by atoms with Crippen molar-refractivity contribution >= 4 is 11.7 Å². The molecule has 1 aromatic heterocycles. The molecule has 0 bridgehead atoms. The molecule has 1 saturated carbocycles. The van der Waals surface area contributed by atoms with E-state index in [1.807, 2.05) is 13.0 Å². The Morgan fingerprint density at radius 1 is 1.45 bits per heavy atom. The molecule has 20 heavy (non-hydrogen) atoms. The zero-order valence-corrected chi connectivity index (χ0v) is 12.4. The van der Waals surface area contributed by atoms with E-state index in [9.17, 15) is 9.90 Å². The second-order valence-corrected chi connectivity index (χ2v) is 5.86. The number of aryl methyl sites for hydroxylation is 1. The summed E-state index contributed by atoms with van der Waals surface area (Å²) in [5.41, 5.74) is 1.86. The largest absolute Gasteiger partial charge is 0.478 e. The summed E-state index contributed by atoms with van der Waals surface area (Å²) in [5.74, 6) is -0.940. The van der Waals surface area contributed by atoms with Gasteiger partial charge in [-0.15, -0.1) is 0 Å². The zero-order valence-electron chi connectivity index (χ0n) is 12.4. The van der Waals surface area contributed by atoms with E-state index in [4.69, 9.17) is 0 Å². The molecule has 0 saturated heterocycles. The van der Waals surface area contributed by atoms with Crippen molar-refractivity contribution in [2.24, 2.45) is 0 Å². The first-order valence-corrected chi connectivity index (χ1v) is 7.06. The Labute approximate surface area is 120 Å². The number of likely N-dealkylation sites (N-methyl/N-ethyl adjacent to an activating group) is 1. The van der Waals surface area contributed by atoms with Crippen molar-refractivity contribution in [2.45, 2.75) is 38.1 Å². The summed E-state index contributed by atoms with van der Waals surface area (Å²) >= 11 is 0. The quantitative estimate of drug-likeness (QED) is 0.865. The van der Waals surface area contributed by atoms with Crippen LogP contribution in [0, 0.1) is 6.92 Å². The molecule has 2 N–H and O–H groups in total. The first-order chi connectivity index (χ1) is 9.44. The Morgan fingerprint density at radius 2 is 2.10 bits per heavy atom. The first kappa shape index (κ1) is 14.8. The van der Waals surface area contributed by atoms with Gasteiger partial charge in [0.2, 0.25) is 0 Å². The van der Waals surface area contributed by atoms with Crippen LogP contribution in [0.1, 0.15) is 41.7 Å². The van der Waals surface area contributed by atoms with Crippen LogP contribution in [0.5, 0.6) is 0 Å². The molecule has 0 aromatic carbocycles. The second-order valence-electron chi connectivity index (χ2n) is 5.86. The molecule has 0 unspecified atom stereocenters. The van der Waals surface area contributed by atoms with Crippen molar-refractivity contribution in [3.8, 4) is 0 Å². The van der Waals surface area contributed by atoms with Gasteiger partial charge in [0, 0.05) is 24.0 Å². The summed E-state index contributed by atoms with van der Waals surface area (Å²) in [4.78, 5) is 17.6. The smallest absolute Gasteiger partial charge is 0.339 e. The van der Waals surface area contributed by atoms with Crippen molar-refractivity contribution in [2.75, 3.05) is 26.0 Å². The maximum absolute atomic E-state index is 11.3. The molecule has 1 heterocycles. The van der Waals surface area contributed by atoms with Crippen LogP contribution in [0.3, 0.4) is 0 Å². The third-order valence-electron chi connectivity index (χ3n) is 4.36. The van der Waals surface area contributed by atoms with Gasteiger partial charge < -0.3 is 15.3 Å². The van der Waals surface area contributed by atoms with E-state index in [0.29, 0.717) is 5.69 Å². The summed E-state index contributed by atoms with van der Waals surface area (Å²) < 4.78 is 0. The average Bonchev–Trinajstić information content (AvgIpc) is 2.86. The highest BCUT2D eigenvalue weighted by molar-refractivity contribution is 5.93. The Morgan fingerprint density at radius 3 is 2.65 bits per heavy atom. The van der Waals surface area contributed by atoms with Crippen LogP contribution in [-0.4, -0.2) is 47.1 Å². The van der Waals surface area contributed by atoms with Crippen LogP contribution >= 0.6 is 0 Å². The van der Waals surface area contributed by atoms with Gasteiger partial charge in [-0.2, -0.15) is 0 Å². The lowest BCUT2D eigenvalue weighted by atomic mass is 9.95. The summed E-state index contributed by atoms with van der Waals surface area (Å²) in [7, 11) is 4.20. The Bertz CT molecular complexity index is 494. The Hall–Kier alpha value is -1.62.